The van der Waals surface area contributed by atoms with Gasteiger partial charge >= 0.3 is 0 Å². The van der Waals surface area contributed by atoms with Crippen molar-refractivity contribution in [3.63, 3.8) is 0 Å². The van der Waals surface area contributed by atoms with E-state index in [1.165, 1.54) is 0 Å². The second kappa shape index (κ2) is 6.45. The molecule has 0 bridgehead atoms. The molecule has 0 aliphatic rings. The molecule has 0 spiro atoms. The van der Waals surface area contributed by atoms with E-state index >= 15 is 0 Å². The zero-order valence-corrected chi connectivity index (χ0v) is 7.35. The molecule has 0 atom stereocenters. The quantitative estimate of drug-likeness (QED) is 0.414. The van der Waals surface area contributed by atoms with Gasteiger partial charge in [0.25, 0.3) is 0 Å². The van der Waals surface area contributed by atoms with Crippen molar-refractivity contribution in [1.82, 2.24) is 0 Å². The minimum atomic E-state index is 0. The standard InChI is InChI=1S/C6H8.Y/c1-4-5-6(2)3;/h2,4-5H,1H2,3H3;/q-2;/b5-4-;. The van der Waals surface area contributed by atoms with Crippen LogP contribution in [0.15, 0.2) is 17.7 Å². The van der Waals surface area contributed by atoms with Crippen LogP contribution in [-0.2, 0) is 32.7 Å². The van der Waals surface area contributed by atoms with Crippen LogP contribution in [0.4, 0.5) is 0 Å². The molecule has 0 aliphatic heterocycles. The molecule has 1 radical (unpaired) electrons. The smallest absolute Gasteiger partial charge is 0 e. The van der Waals surface area contributed by atoms with E-state index in [4.69, 9.17) is 6.58 Å². The fraction of sp³-hybridized carbons (Fsp3) is 0.167. The summed E-state index contributed by atoms with van der Waals surface area (Å²) < 4.78 is 0. The van der Waals surface area contributed by atoms with Crippen LogP contribution in [0, 0.1) is 13.5 Å². The van der Waals surface area contributed by atoms with Crippen molar-refractivity contribution in [3.05, 3.63) is 31.2 Å². The van der Waals surface area contributed by atoms with Gasteiger partial charge in [-0.15, -0.1) is 0 Å². The van der Waals surface area contributed by atoms with Gasteiger partial charge in [0.15, 0.2) is 0 Å². The third-order valence-electron chi connectivity index (χ3n) is 0.381. The van der Waals surface area contributed by atoms with Gasteiger partial charge in [0.1, 0.15) is 0 Å². The van der Waals surface area contributed by atoms with E-state index in [0.29, 0.717) is 0 Å². The summed E-state index contributed by atoms with van der Waals surface area (Å²) in [7, 11) is 0. The normalized spacial score (nSPS) is 8.14. The molecule has 37 valence electrons. The van der Waals surface area contributed by atoms with Gasteiger partial charge in [0.05, 0.1) is 0 Å². The Bertz CT molecular complexity index is 72.2. The van der Waals surface area contributed by atoms with E-state index in [9.17, 15) is 0 Å². The molecule has 0 N–H and O–H groups in total. The Morgan fingerprint density at radius 1 is 1.71 bits per heavy atom. The summed E-state index contributed by atoms with van der Waals surface area (Å²) in [6, 6.07) is 0. The van der Waals surface area contributed by atoms with E-state index in [-0.39, 0.29) is 32.7 Å². The number of rotatable bonds is 1. The molecular formula is C6H8Y-2. The number of hydrogen-bond acceptors (Lipinski definition) is 0. The molecular weight excluding hydrogens is 161 g/mol. The Morgan fingerprint density at radius 3 is 2.14 bits per heavy atom. The van der Waals surface area contributed by atoms with Crippen molar-refractivity contribution < 1.29 is 32.7 Å². The van der Waals surface area contributed by atoms with Crippen LogP contribution in [-0.4, -0.2) is 0 Å². The second-order valence-corrected chi connectivity index (χ2v) is 1.15. The van der Waals surface area contributed by atoms with Gasteiger partial charge in [0, 0.05) is 32.7 Å². The molecule has 0 saturated carbocycles. The summed E-state index contributed by atoms with van der Waals surface area (Å²) in [4.78, 5) is 0. The maximum atomic E-state index is 5.19. The van der Waals surface area contributed by atoms with Gasteiger partial charge in [0.2, 0.25) is 0 Å². The van der Waals surface area contributed by atoms with Gasteiger partial charge in [-0.25, -0.2) is 24.6 Å². The maximum absolute atomic E-state index is 5.19. The monoisotopic (exact) mass is 169 g/mol. The summed E-state index contributed by atoms with van der Waals surface area (Å²) in [6.45, 7) is 10.5. The van der Waals surface area contributed by atoms with Gasteiger partial charge in [-0.2, -0.15) is 0 Å². The van der Waals surface area contributed by atoms with Crippen LogP contribution < -0.4 is 0 Å². The second-order valence-electron chi connectivity index (χ2n) is 1.15. The molecule has 0 rings (SSSR count). The molecule has 0 aromatic carbocycles. The van der Waals surface area contributed by atoms with Crippen LogP contribution in [0.2, 0.25) is 0 Å². The van der Waals surface area contributed by atoms with Gasteiger partial charge in [-0.1, -0.05) is 6.92 Å². The molecule has 7 heavy (non-hydrogen) atoms. The SMILES string of the molecule is [CH-]=C(C)/C=C\[CH2-].[Y]. The molecule has 0 fully saturated rings. The molecule has 0 aromatic rings. The fourth-order valence-corrected chi connectivity index (χ4v) is 0.186. The molecule has 0 aromatic heterocycles. The first-order chi connectivity index (χ1) is 2.77. The average molecular weight is 169 g/mol. The largest absolute Gasteiger partial charge is 0.290 e. The van der Waals surface area contributed by atoms with Crippen LogP contribution in [0.25, 0.3) is 0 Å². The third-order valence-corrected chi connectivity index (χ3v) is 0.381. The predicted octanol–water partition coefficient (Wildman–Crippen LogP) is 1.75. The van der Waals surface area contributed by atoms with E-state index in [2.05, 4.69) is 6.92 Å². The molecule has 0 amide bonds. The van der Waals surface area contributed by atoms with E-state index in [0.717, 1.165) is 5.57 Å². The van der Waals surface area contributed by atoms with Crippen LogP contribution >= 0.6 is 0 Å². The van der Waals surface area contributed by atoms with Gasteiger partial charge in [-0.3, -0.25) is 6.58 Å². The predicted molar refractivity (Wildman–Crippen MR) is 28.0 cm³/mol. The summed E-state index contributed by atoms with van der Waals surface area (Å²) >= 11 is 0. The van der Waals surface area contributed by atoms with Crippen molar-refractivity contribution >= 4 is 0 Å². The van der Waals surface area contributed by atoms with Crippen molar-refractivity contribution in [3.8, 4) is 0 Å². The minimum Gasteiger partial charge on any atom is -0.290 e. The van der Waals surface area contributed by atoms with Crippen molar-refractivity contribution in [2.45, 2.75) is 6.92 Å². The van der Waals surface area contributed by atoms with Crippen molar-refractivity contribution in [1.29, 1.82) is 0 Å². The zero-order chi connectivity index (χ0) is 4.99. The Hall–Kier alpha value is 0.454. The molecule has 0 heterocycles. The average Bonchev–Trinajstić information content (AvgIpc) is 1.35. The molecule has 0 unspecified atom stereocenters. The van der Waals surface area contributed by atoms with Crippen molar-refractivity contribution in [2.24, 2.45) is 0 Å². The molecule has 0 nitrogen and oxygen atoms in total. The first-order valence-electron chi connectivity index (χ1n) is 1.82. The number of allylic oxidation sites excluding steroid dienone is 3. The Balaban J connectivity index is 0. The van der Waals surface area contributed by atoms with Crippen LogP contribution in [0.3, 0.4) is 0 Å². The molecule has 0 saturated heterocycles. The Labute approximate surface area is 70.6 Å². The summed E-state index contributed by atoms with van der Waals surface area (Å²) in [5, 5.41) is 0. The fourth-order valence-electron chi connectivity index (χ4n) is 0.186. The van der Waals surface area contributed by atoms with E-state index < -0.39 is 0 Å². The number of hydrogen-bond donors (Lipinski definition) is 0. The van der Waals surface area contributed by atoms with Gasteiger partial charge < -0.3 is 0 Å². The molecule has 0 aliphatic carbocycles. The first kappa shape index (κ1) is 10.4. The molecule has 1 heteroatoms. The third kappa shape index (κ3) is 10.7. The zero-order valence-electron chi connectivity index (χ0n) is 4.52. The minimum absolute atomic E-state index is 0. The topological polar surface area (TPSA) is 0 Å². The maximum Gasteiger partial charge on any atom is 0 e. The first-order valence-corrected chi connectivity index (χ1v) is 1.82. The Morgan fingerprint density at radius 2 is 2.14 bits per heavy atom. The van der Waals surface area contributed by atoms with Crippen molar-refractivity contribution in [2.75, 3.05) is 0 Å². The van der Waals surface area contributed by atoms with Gasteiger partial charge in [-0.05, 0) is 0 Å². The van der Waals surface area contributed by atoms with E-state index in [1.807, 2.05) is 6.92 Å². The van der Waals surface area contributed by atoms with E-state index in [1.54, 1.807) is 12.2 Å². The summed E-state index contributed by atoms with van der Waals surface area (Å²) in [5.74, 6) is 0. The van der Waals surface area contributed by atoms with Crippen LogP contribution in [0.1, 0.15) is 6.92 Å². The Kier molecular flexibility index (Phi) is 9.62. The van der Waals surface area contributed by atoms with Crippen LogP contribution in [0.5, 0.6) is 0 Å². The summed E-state index contributed by atoms with van der Waals surface area (Å²) in [6.07, 6.45) is 3.41. The summed E-state index contributed by atoms with van der Waals surface area (Å²) in [5.41, 5.74) is 0.796.